The van der Waals surface area contributed by atoms with E-state index in [-0.39, 0.29) is 5.91 Å². The Balaban J connectivity index is 1.76. The lowest BCUT2D eigenvalue weighted by atomic mass is 10.2. The van der Waals surface area contributed by atoms with Crippen molar-refractivity contribution in [3.8, 4) is 23.1 Å². The fourth-order valence-corrected chi connectivity index (χ4v) is 2.26. The Kier molecular flexibility index (Phi) is 5.34. The molecule has 0 fully saturated rings. The highest BCUT2D eigenvalue weighted by molar-refractivity contribution is 6.04. The van der Waals surface area contributed by atoms with Crippen LogP contribution >= 0.6 is 0 Å². The zero-order chi connectivity index (χ0) is 18.4. The van der Waals surface area contributed by atoms with E-state index in [0.717, 1.165) is 5.75 Å². The van der Waals surface area contributed by atoms with E-state index in [2.05, 4.69) is 10.3 Å². The van der Waals surface area contributed by atoms with Crippen LogP contribution in [0.25, 0.3) is 0 Å². The molecule has 132 valence electrons. The van der Waals surface area contributed by atoms with Crippen molar-refractivity contribution in [2.45, 2.75) is 0 Å². The molecule has 0 aliphatic heterocycles. The molecule has 3 rings (SSSR count). The van der Waals surface area contributed by atoms with Crippen molar-refractivity contribution in [2.24, 2.45) is 0 Å². The Morgan fingerprint density at radius 3 is 2.04 bits per heavy atom. The summed E-state index contributed by atoms with van der Waals surface area (Å²) in [7, 11) is 3.18. The van der Waals surface area contributed by atoms with Gasteiger partial charge in [-0.2, -0.15) is 0 Å². The van der Waals surface area contributed by atoms with Crippen molar-refractivity contribution < 1.29 is 19.0 Å². The van der Waals surface area contributed by atoms with Gasteiger partial charge in [0.1, 0.15) is 22.9 Å². The van der Waals surface area contributed by atoms with Gasteiger partial charge in [0, 0.05) is 11.8 Å². The molecule has 0 aliphatic carbocycles. The monoisotopic (exact) mass is 350 g/mol. The van der Waals surface area contributed by atoms with Gasteiger partial charge in [0.25, 0.3) is 5.91 Å². The molecule has 26 heavy (non-hydrogen) atoms. The molecule has 1 aromatic heterocycles. The van der Waals surface area contributed by atoms with Crippen molar-refractivity contribution in [2.75, 3.05) is 19.5 Å². The normalized spacial score (nSPS) is 10.1. The highest BCUT2D eigenvalue weighted by atomic mass is 16.5. The average Bonchev–Trinajstić information content (AvgIpc) is 2.70. The highest BCUT2D eigenvalue weighted by Gasteiger charge is 2.12. The number of carbonyl (C=O) groups excluding carboxylic acids is 1. The van der Waals surface area contributed by atoms with Crippen LogP contribution in [-0.4, -0.2) is 25.1 Å². The van der Waals surface area contributed by atoms with Crippen LogP contribution in [0.1, 0.15) is 10.4 Å². The summed E-state index contributed by atoms with van der Waals surface area (Å²) in [5.41, 5.74) is 0.981. The molecule has 0 saturated carbocycles. The van der Waals surface area contributed by atoms with E-state index in [9.17, 15) is 4.79 Å². The molecule has 1 N–H and O–H groups in total. The Bertz CT molecular complexity index is 877. The summed E-state index contributed by atoms with van der Waals surface area (Å²) in [6.45, 7) is 0. The summed E-state index contributed by atoms with van der Waals surface area (Å²) in [6, 6.07) is 17.4. The standard InChI is InChI=1S/C20H18N2O4/c1-24-15-7-5-14(6-8-15)19(23)22-18-4-3-13-21-20(18)26-17-11-9-16(25-2)10-12-17/h3-13H,1-2H3,(H,22,23). The maximum absolute atomic E-state index is 12.5. The fourth-order valence-electron chi connectivity index (χ4n) is 2.26. The third-order valence-electron chi connectivity index (χ3n) is 3.65. The van der Waals surface area contributed by atoms with E-state index in [1.165, 1.54) is 0 Å². The summed E-state index contributed by atoms with van der Waals surface area (Å²) in [5.74, 6) is 2.04. The Labute approximate surface area is 151 Å². The first-order chi connectivity index (χ1) is 12.7. The van der Waals surface area contributed by atoms with Crippen LogP contribution in [0.5, 0.6) is 23.1 Å². The molecular weight excluding hydrogens is 332 g/mol. The first kappa shape index (κ1) is 17.3. The van der Waals surface area contributed by atoms with E-state index in [1.807, 2.05) is 0 Å². The molecule has 0 aliphatic rings. The SMILES string of the molecule is COc1ccc(Oc2ncccc2NC(=O)c2ccc(OC)cc2)cc1. The van der Waals surface area contributed by atoms with E-state index < -0.39 is 0 Å². The number of hydrogen-bond acceptors (Lipinski definition) is 5. The van der Waals surface area contributed by atoms with Crippen molar-refractivity contribution in [3.05, 3.63) is 72.4 Å². The van der Waals surface area contributed by atoms with Gasteiger partial charge in [-0.25, -0.2) is 4.98 Å². The Hall–Kier alpha value is -3.54. The van der Waals surface area contributed by atoms with Gasteiger partial charge in [-0.3, -0.25) is 4.79 Å². The number of ether oxygens (including phenoxy) is 3. The number of amides is 1. The summed E-state index contributed by atoms with van der Waals surface area (Å²) in [4.78, 5) is 16.7. The fraction of sp³-hybridized carbons (Fsp3) is 0.100. The molecule has 2 aromatic carbocycles. The maximum Gasteiger partial charge on any atom is 0.255 e. The molecular formula is C20H18N2O4. The van der Waals surface area contributed by atoms with Gasteiger partial charge < -0.3 is 19.5 Å². The number of nitrogens with one attached hydrogen (secondary N) is 1. The van der Waals surface area contributed by atoms with Crippen LogP contribution in [0, 0.1) is 0 Å². The number of aromatic nitrogens is 1. The largest absolute Gasteiger partial charge is 0.497 e. The highest BCUT2D eigenvalue weighted by Crippen LogP contribution is 2.28. The van der Waals surface area contributed by atoms with Gasteiger partial charge in [0.15, 0.2) is 0 Å². The second kappa shape index (κ2) is 8.02. The van der Waals surface area contributed by atoms with E-state index in [1.54, 1.807) is 81.1 Å². The van der Waals surface area contributed by atoms with E-state index >= 15 is 0 Å². The molecule has 3 aromatic rings. The second-order valence-corrected chi connectivity index (χ2v) is 5.32. The van der Waals surface area contributed by atoms with Crippen molar-refractivity contribution in [1.29, 1.82) is 0 Å². The number of hydrogen-bond donors (Lipinski definition) is 1. The zero-order valence-corrected chi connectivity index (χ0v) is 14.4. The Morgan fingerprint density at radius 1 is 0.846 bits per heavy atom. The molecule has 6 heteroatoms. The lowest BCUT2D eigenvalue weighted by molar-refractivity contribution is 0.102. The van der Waals surface area contributed by atoms with Crippen molar-refractivity contribution in [1.82, 2.24) is 4.98 Å². The maximum atomic E-state index is 12.5. The topological polar surface area (TPSA) is 69.7 Å². The molecule has 1 amide bonds. The van der Waals surface area contributed by atoms with Gasteiger partial charge in [-0.05, 0) is 60.7 Å². The van der Waals surface area contributed by atoms with Gasteiger partial charge in [-0.15, -0.1) is 0 Å². The minimum Gasteiger partial charge on any atom is -0.497 e. The van der Waals surface area contributed by atoms with Gasteiger partial charge in [0.2, 0.25) is 5.88 Å². The smallest absolute Gasteiger partial charge is 0.255 e. The van der Waals surface area contributed by atoms with Crippen molar-refractivity contribution in [3.63, 3.8) is 0 Å². The summed E-state index contributed by atoms with van der Waals surface area (Å²) >= 11 is 0. The number of benzene rings is 2. The van der Waals surface area contributed by atoms with E-state index in [0.29, 0.717) is 28.6 Å². The molecule has 0 saturated heterocycles. The second-order valence-electron chi connectivity index (χ2n) is 5.32. The predicted molar refractivity (Wildman–Crippen MR) is 98.3 cm³/mol. The summed E-state index contributed by atoms with van der Waals surface area (Å²) < 4.78 is 16.0. The molecule has 0 radical (unpaired) electrons. The Morgan fingerprint density at radius 2 is 1.42 bits per heavy atom. The molecule has 0 spiro atoms. The zero-order valence-electron chi connectivity index (χ0n) is 14.4. The van der Waals surface area contributed by atoms with Crippen LogP contribution in [-0.2, 0) is 0 Å². The lowest BCUT2D eigenvalue weighted by Gasteiger charge is -2.11. The molecule has 1 heterocycles. The molecule has 0 bridgehead atoms. The summed E-state index contributed by atoms with van der Waals surface area (Å²) in [6.07, 6.45) is 1.60. The molecule has 6 nitrogen and oxygen atoms in total. The number of pyridine rings is 1. The number of carbonyl (C=O) groups is 1. The lowest BCUT2D eigenvalue weighted by Crippen LogP contribution is -2.12. The minimum absolute atomic E-state index is 0.264. The third-order valence-corrected chi connectivity index (χ3v) is 3.65. The average molecular weight is 350 g/mol. The van der Waals surface area contributed by atoms with Gasteiger partial charge >= 0.3 is 0 Å². The van der Waals surface area contributed by atoms with Gasteiger partial charge in [0.05, 0.1) is 14.2 Å². The van der Waals surface area contributed by atoms with Crippen LogP contribution in [0.3, 0.4) is 0 Å². The predicted octanol–water partition coefficient (Wildman–Crippen LogP) is 4.14. The number of rotatable bonds is 6. The third kappa shape index (κ3) is 4.10. The molecule has 0 atom stereocenters. The van der Waals surface area contributed by atoms with Gasteiger partial charge in [-0.1, -0.05) is 0 Å². The van der Waals surface area contributed by atoms with Crippen LogP contribution in [0.4, 0.5) is 5.69 Å². The minimum atomic E-state index is -0.264. The number of methoxy groups -OCH3 is 2. The van der Waals surface area contributed by atoms with Crippen molar-refractivity contribution >= 4 is 11.6 Å². The van der Waals surface area contributed by atoms with Crippen LogP contribution < -0.4 is 19.5 Å². The quantitative estimate of drug-likeness (QED) is 0.723. The summed E-state index contributed by atoms with van der Waals surface area (Å²) in [5, 5.41) is 2.82. The first-order valence-electron chi connectivity index (χ1n) is 7.92. The molecule has 0 unspecified atom stereocenters. The van der Waals surface area contributed by atoms with Crippen LogP contribution in [0.2, 0.25) is 0 Å². The number of nitrogens with zero attached hydrogens (tertiary/aromatic N) is 1. The first-order valence-corrected chi connectivity index (χ1v) is 7.92. The van der Waals surface area contributed by atoms with Crippen LogP contribution in [0.15, 0.2) is 66.9 Å². The number of anilines is 1. The van der Waals surface area contributed by atoms with E-state index in [4.69, 9.17) is 14.2 Å².